The molecular formula is C15H18N2O2. The molecule has 0 bridgehead atoms. The molecule has 4 heteroatoms. The minimum absolute atomic E-state index is 0.117. The maximum absolute atomic E-state index is 10.9. The summed E-state index contributed by atoms with van der Waals surface area (Å²) in [7, 11) is 0. The lowest BCUT2D eigenvalue weighted by molar-refractivity contribution is 0.0690. The lowest BCUT2D eigenvalue weighted by Gasteiger charge is -2.12. The smallest absolute Gasteiger partial charge is 0.353 e. The highest BCUT2D eigenvalue weighted by Crippen LogP contribution is 2.29. The van der Waals surface area contributed by atoms with Gasteiger partial charge in [0.25, 0.3) is 0 Å². The molecule has 2 aromatic rings. The Kier molecular flexibility index (Phi) is 3.69. The number of hydrogen-bond donors (Lipinski definition) is 2. The average molecular weight is 258 g/mol. The fourth-order valence-corrected chi connectivity index (χ4v) is 2.12. The number of aryl methyl sites for hydroxylation is 1. The second-order valence-electron chi connectivity index (χ2n) is 4.90. The lowest BCUT2D eigenvalue weighted by Crippen LogP contribution is -1.95. The first kappa shape index (κ1) is 13.3. The molecule has 0 saturated heterocycles. The molecule has 0 fully saturated rings. The number of carboxylic acids is 1. The van der Waals surface area contributed by atoms with E-state index in [4.69, 9.17) is 5.11 Å². The fraction of sp³-hybridized carbons (Fsp3) is 0.333. The Morgan fingerprint density at radius 1 is 1.37 bits per heavy atom. The van der Waals surface area contributed by atoms with E-state index >= 15 is 0 Å². The predicted octanol–water partition coefficient (Wildman–Crippen LogP) is 3.46. The highest BCUT2D eigenvalue weighted by Gasteiger charge is 2.14. The summed E-state index contributed by atoms with van der Waals surface area (Å²) in [6, 6.07) is 7.90. The Labute approximate surface area is 112 Å². The normalized spacial score (nSPS) is 10.9. The van der Waals surface area contributed by atoms with Gasteiger partial charge in [-0.1, -0.05) is 32.9 Å². The van der Waals surface area contributed by atoms with E-state index in [9.17, 15) is 4.79 Å². The number of aromatic amines is 1. The average Bonchev–Trinajstić information content (AvgIpc) is 2.87. The van der Waals surface area contributed by atoms with E-state index in [0.29, 0.717) is 11.6 Å². The molecule has 0 atom stereocenters. The van der Waals surface area contributed by atoms with Crippen LogP contribution in [0.3, 0.4) is 0 Å². The minimum Gasteiger partial charge on any atom is -0.477 e. The van der Waals surface area contributed by atoms with Gasteiger partial charge in [-0.3, -0.25) is 5.10 Å². The Morgan fingerprint density at radius 2 is 2.11 bits per heavy atom. The number of rotatable bonds is 4. The van der Waals surface area contributed by atoms with Crippen molar-refractivity contribution in [1.82, 2.24) is 10.2 Å². The van der Waals surface area contributed by atoms with E-state index in [1.54, 1.807) is 6.07 Å². The minimum atomic E-state index is -0.989. The topological polar surface area (TPSA) is 66.0 Å². The summed E-state index contributed by atoms with van der Waals surface area (Å²) in [6.45, 7) is 6.34. The van der Waals surface area contributed by atoms with Crippen LogP contribution < -0.4 is 0 Å². The lowest BCUT2D eigenvalue weighted by atomic mass is 9.93. The molecule has 0 unspecified atom stereocenters. The summed E-state index contributed by atoms with van der Waals surface area (Å²) in [5.41, 5.74) is 4.22. The zero-order chi connectivity index (χ0) is 14.0. The van der Waals surface area contributed by atoms with Crippen molar-refractivity contribution in [3.05, 3.63) is 41.1 Å². The quantitative estimate of drug-likeness (QED) is 0.882. The third-order valence-electron chi connectivity index (χ3n) is 3.23. The number of nitrogens with zero attached hydrogens (tertiary/aromatic N) is 1. The zero-order valence-corrected chi connectivity index (χ0v) is 11.4. The van der Waals surface area contributed by atoms with Crippen molar-refractivity contribution in [1.29, 1.82) is 0 Å². The standard InChI is InChI=1S/C15H18N2O2/c1-4-10-5-6-11(9(2)3)12(7-10)13-8-14(15(18)19)17-16-13/h5-9H,4H2,1-3H3,(H,16,17)(H,18,19). The first-order chi connectivity index (χ1) is 9.02. The van der Waals surface area contributed by atoms with Crippen molar-refractivity contribution in [3.63, 3.8) is 0 Å². The van der Waals surface area contributed by atoms with Crippen LogP contribution >= 0.6 is 0 Å². The third kappa shape index (κ3) is 2.67. The van der Waals surface area contributed by atoms with Crippen LogP contribution in [0.4, 0.5) is 0 Å². The van der Waals surface area contributed by atoms with Gasteiger partial charge >= 0.3 is 5.97 Å². The van der Waals surface area contributed by atoms with E-state index in [0.717, 1.165) is 12.0 Å². The van der Waals surface area contributed by atoms with Crippen LogP contribution in [0.2, 0.25) is 0 Å². The maximum Gasteiger partial charge on any atom is 0.353 e. The monoisotopic (exact) mass is 258 g/mol. The summed E-state index contributed by atoms with van der Waals surface area (Å²) >= 11 is 0. The molecule has 2 rings (SSSR count). The van der Waals surface area contributed by atoms with E-state index < -0.39 is 5.97 Å². The van der Waals surface area contributed by atoms with E-state index in [1.807, 2.05) is 0 Å². The number of nitrogens with one attached hydrogen (secondary N) is 1. The molecule has 0 aliphatic rings. The van der Waals surface area contributed by atoms with Crippen LogP contribution in [0.25, 0.3) is 11.3 Å². The second-order valence-corrected chi connectivity index (χ2v) is 4.90. The van der Waals surface area contributed by atoms with Gasteiger partial charge in [-0.05, 0) is 35.6 Å². The first-order valence-corrected chi connectivity index (χ1v) is 6.44. The number of hydrogen-bond acceptors (Lipinski definition) is 2. The van der Waals surface area contributed by atoms with Crippen molar-refractivity contribution < 1.29 is 9.90 Å². The molecule has 0 aliphatic heterocycles. The van der Waals surface area contributed by atoms with Gasteiger partial charge in [-0.15, -0.1) is 0 Å². The van der Waals surface area contributed by atoms with E-state index in [1.165, 1.54) is 11.1 Å². The Balaban J connectivity index is 2.54. The Bertz CT molecular complexity index is 600. The highest BCUT2D eigenvalue weighted by molar-refractivity contribution is 5.87. The van der Waals surface area contributed by atoms with Crippen LogP contribution in [0, 0.1) is 0 Å². The van der Waals surface area contributed by atoms with Crippen molar-refractivity contribution >= 4 is 5.97 Å². The van der Waals surface area contributed by atoms with Gasteiger partial charge in [0.05, 0.1) is 5.69 Å². The fourth-order valence-electron chi connectivity index (χ4n) is 2.12. The largest absolute Gasteiger partial charge is 0.477 e. The molecule has 19 heavy (non-hydrogen) atoms. The number of aromatic carboxylic acids is 1. The number of carbonyl (C=O) groups is 1. The molecule has 0 saturated carbocycles. The molecule has 1 heterocycles. The highest BCUT2D eigenvalue weighted by atomic mass is 16.4. The summed E-state index contributed by atoms with van der Waals surface area (Å²) in [5.74, 6) is -0.623. The van der Waals surface area contributed by atoms with Crippen molar-refractivity contribution in [3.8, 4) is 11.3 Å². The Morgan fingerprint density at radius 3 is 2.63 bits per heavy atom. The third-order valence-corrected chi connectivity index (χ3v) is 3.23. The van der Waals surface area contributed by atoms with Crippen LogP contribution in [-0.2, 0) is 6.42 Å². The second kappa shape index (κ2) is 5.26. The van der Waals surface area contributed by atoms with Crippen LogP contribution in [-0.4, -0.2) is 21.3 Å². The molecule has 1 aromatic heterocycles. The van der Waals surface area contributed by atoms with Gasteiger partial charge in [0.2, 0.25) is 0 Å². The summed E-state index contributed by atoms with van der Waals surface area (Å²) in [5, 5.41) is 15.6. The van der Waals surface area contributed by atoms with Gasteiger partial charge in [0.1, 0.15) is 5.69 Å². The molecule has 0 spiro atoms. The molecule has 0 radical (unpaired) electrons. The van der Waals surface area contributed by atoms with Gasteiger partial charge < -0.3 is 5.11 Å². The number of aromatic nitrogens is 2. The maximum atomic E-state index is 10.9. The zero-order valence-electron chi connectivity index (χ0n) is 11.4. The van der Waals surface area contributed by atoms with Crippen LogP contribution in [0.15, 0.2) is 24.3 Å². The van der Waals surface area contributed by atoms with Gasteiger partial charge in [0.15, 0.2) is 0 Å². The number of benzene rings is 1. The van der Waals surface area contributed by atoms with Crippen LogP contribution in [0.1, 0.15) is 48.3 Å². The SMILES string of the molecule is CCc1ccc(C(C)C)c(-c2cc(C(=O)O)[nH]n2)c1. The molecular weight excluding hydrogens is 240 g/mol. The Hall–Kier alpha value is -2.10. The number of H-pyrrole nitrogens is 1. The molecule has 0 amide bonds. The summed E-state index contributed by atoms with van der Waals surface area (Å²) < 4.78 is 0. The van der Waals surface area contributed by atoms with E-state index in [2.05, 4.69) is 49.2 Å². The van der Waals surface area contributed by atoms with Crippen molar-refractivity contribution in [2.45, 2.75) is 33.1 Å². The molecule has 0 aliphatic carbocycles. The number of carboxylic acid groups (broad SMARTS) is 1. The predicted molar refractivity (Wildman–Crippen MR) is 74.5 cm³/mol. The first-order valence-electron chi connectivity index (χ1n) is 6.44. The summed E-state index contributed by atoms with van der Waals surface area (Å²) in [6.07, 6.45) is 0.946. The van der Waals surface area contributed by atoms with Gasteiger partial charge in [0, 0.05) is 5.56 Å². The van der Waals surface area contributed by atoms with Gasteiger partial charge in [-0.2, -0.15) is 5.10 Å². The molecule has 4 nitrogen and oxygen atoms in total. The van der Waals surface area contributed by atoms with Crippen molar-refractivity contribution in [2.75, 3.05) is 0 Å². The van der Waals surface area contributed by atoms with Crippen molar-refractivity contribution in [2.24, 2.45) is 0 Å². The molecule has 2 N–H and O–H groups in total. The molecule has 100 valence electrons. The van der Waals surface area contributed by atoms with Crippen LogP contribution in [0.5, 0.6) is 0 Å². The molecule has 1 aromatic carbocycles. The van der Waals surface area contributed by atoms with E-state index in [-0.39, 0.29) is 5.69 Å². The summed E-state index contributed by atoms with van der Waals surface area (Å²) in [4.78, 5) is 10.9. The van der Waals surface area contributed by atoms with Gasteiger partial charge in [-0.25, -0.2) is 4.79 Å².